The van der Waals surface area contributed by atoms with E-state index in [2.05, 4.69) is 98.8 Å². The van der Waals surface area contributed by atoms with Gasteiger partial charge in [-0.1, -0.05) is 7.43 Å². The van der Waals surface area contributed by atoms with Gasteiger partial charge in [-0.3, -0.25) is 18.8 Å². The number of benzene rings is 3. The van der Waals surface area contributed by atoms with E-state index < -0.39 is 28.7 Å². The van der Waals surface area contributed by atoms with Crippen LogP contribution in [0.15, 0.2) is 73.6 Å². The fourth-order valence-corrected chi connectivity index (χ4v) is 17.2. The Bertz CT molecular complexity index is 5210. The summed E-state index contributed by atoms with van der Waals surface area (Å²) in [5.74, 6) is 2.08. The van der Waals surface area contributed by atoms with Crippen molar-refractivity contribution in [2.75, 3.05) is 72.9 Å². The molecule has 0 bridgehead atoms. The maximum absolute atomic E-state index is 14.5. The van der Waals surface area contributed by atoms with Gasteiger partial charge < -0.3 is 80.7 Å². The van der Waals surface area contributed by atoms with Crippen LogP contribution in [0.1, 0.15) is 211 Å². The Hall–Kier alpha value is -9.45. The summed E-state index contributed by atoms with van der Waals surface area (Å²) in [6, 6.07) is 10.7. The van der Waals surface area contributed by atoms with Crippen molar-refractivity contribution in [3.8, 4) is 17.2 Å². The normalized spacial score (nSPS) is 24.1. The van der Waals surface area contributed by atoms with Crippen molar-refractivity contribution < 1.29 is 59.4 Å². The SMILES string of the molecule is C.COc1cc2nc(N)n3nc(C4CCC(C)N(c5cnn(C6CCC(=O)CC6)c5)C4)nc3c2cc1F.COc1cc2nc(N)n3nc(C4CCC(C)N(c5cnn(C6CCC(C)(O)CC6)c5)C4)nc3c2cc1F.COc1cc2nc(N)n3nc(C4CCC(C)N(c5cnn(C6CCC(C)(O)CC6)c5)C4)nc3c2cc1F.[Br-].[CH3-].[Mg+2]. The summed E-state index contributed by atoms with van der Waals surface area (Å²) in [5.41, 5.74) is 23.7. The number of aromatic nitrogens is 18. The van der Waals surface area contributed by atoms with Gasteiger partial charge in [0.15, 0.2) is 69.1 Å². The van der Waals surface area contributed by atoms with Crippen LogP contribution in [0, 0.1) is 24.9 Å². The molecule has 12 aromatic rings. The Labute approximate surface area is 685 Å². The number of ether oxygens (including phenoxy) is 3. The zero-order valence-electron chi connectivity index (χ0n) is 65.3. The van der Waals surface area contributed by atoms with Crippen molar-refractivity contribution in [2.24, 2.45) is 0 Å². The van der Waals surface area contributed by atoms with Gasteiger partial charge >= 0.3 is 23.1 Å². The smallest absolute Gasteiger partial charge is 1.00 e. The van der Waals surface area contributed by atoms with E-state index in [9.17, 15) is 28.2 Å². The van der Waals surface area contributed by atoms with E-state index in [1.54, 1.807) is 0 Å². The monoisotopic (exact) mass is 1640 g/mol. The molecule has 6 fully saturated rings. The molecule has 604 valence electrons. The van der Waals surface area contributed by atoms with Crippen LogP contribution >= 0.6 is 0 Å². The summed E-state index contributed by atoms with van der Waals surface area (Å²) in [6.07, 6.45) is 27.7. The third-order valence-corrected chi connectivity index (χ3v) is 24.0. The molecular weight excluding hydrogens is 1540 g/mol. The van der Waals surface area contributed by atoms with Crippen LogP contribution in [0.4, 0.5) is 48.1 Å². The van der Waals surface area contributed by atoms with Gasteiger partial charge in [0.1, 0.15) is 5.78 Å². The van der Waals surface area contributed by atoms with Crippen LogP contribution in [-0.4, -0.2) is 197 Å². The first-order chi connectivity index (χ1) is 52.8. The third kappa shape index (κ3) is 16.6. The number of ketones is 1. The van der Waals surface area contributed by atoms with Crippen LogP contribution in [0.5, 0.6) is 17.2 Å². The first kappa shape index (κ1) is 84.0. The number of nitrogen functional groups attached to an aromatic ring is 3. The van der Waals surface area contributed by atoms with Gasteiger partial charge in [-0.2, -0.15) is 28.8 Å². The maximum atomic E-state index is 14.5. The summed E-state index contributed by atoms with van der Waals surface area (Å²) in [6.45, 7) is 12.7. The average Bonchev–Trinajstić information content (AvgIpc) is 1.44. The quantitative estimate of drug-likeness (QED) is 0.0562. The van der Waals surface area contributed by atoms with Gasteiger partial charge in [0.2, 0.25) is 17.8 Å². The molecule has 6 atom stereocenters. The molecule has 6 unspecified atom stereocenters. The van der Waals surface area contributed by atoms with Crippen LogP contribution in [0.3, 0.4) is 0 Å². The van der Waals surface area contributed by atoms with Crippen molar-refractivity contribution in [3.63, 3.8) is 0 Å². The van der Waals surface area contributed by atoms with Crippen molar-refractivity contribution in [1.29, 1.82) is 0 Å². The van der Waals surface area contributed by atoms with Gasteiger partial charge in [-0.25, -0.2) is 43.1 Å². The molecule has 114 heavy (non-hydrogen) atoms. The van der Waals surface area contributed by atoms with Gasteiger partial charge in [0.05, 0.1) is 103 Å². The number of hydrogen-bond donors (Lipinski definition) is 5. The Morgan fingerprint density at radius 2 is 0.728 bits per heavy atom. The molecule has 18 rings (SSSR count). The van der Waals surface area contributed by atoms with E-state index in [4.69, 9.17) is 56.6 Å². The summed E-state index contributed by atoms with van der Waals surface area (Å²) in [7, 11) is 4.25. The summed E-state index contributed by atoms with van der Waals surface area (Å²) in [4.78, 5) is 46.3. The minimum absolute atomic E-state index is 0. The Morgan fingerprint density at radius 3 is 1.01 bits per heavy atom. The molecule has 30 nitrogen and oxygen atoms in total. The average molecular weight is 1650 g/mol. The minimum atomic E-state index is -0.565. The standard InChI is InChI=1S/2C26H33FN8O2.C25H29FN8O2.CH4.CH3.BrH.Mg/c2*1-15-4-5-16(13-33(15)18-12-29-34(14-18)17-6-8-26(2,36)9-7-17)23-31-24-19-10-20(27)22(37-3)11-21(19)30-25(28)35(24)32-23;1-14-3-4-15(12-32(14)17-11-28-33(13-17)16-5-7-18(35)8-6-16)23-30-24-19-9-20(26)22(36-2)10-21(19)29-25(27)34(24)31-23;;;;/h2*10-12,14-17,36H,4-9,13H2,1-3H3,(H2,28,30);9-11,13-16H,3-8,12H2,1-2H3,(H2,27,29);1H4;1H3;1H;/q;;;;-1;;+2/p-1. The predicted molar refractivity (Wildman–Crippen MR) is 428 cm³/mol. The number of Topliss-reactive ketones (excluding diaryl/α,β-unsaturated/α-hetero) is 1. The topological polar surface area (TPSA) is 356 Å². The maximum Gasteiger partial charge on any atom is 2.00 e. The van der Waals surface area contributed by atoms with Gasteiger partial charge in [0.25, 0.3) is 0 Å². The molecule has 8 N–H and O–H groups in total. The molecule has 35 heteroatoms. The number of anilines is 6. The molecule has 3 aromatic carbocycles. The molecule has 0 radical (unpaired) electrons. The number of carbonyl (C=O) groups excluding carboxylic acids is 1. The molecule has 3 saturated heterocycles. The number of fused-ring (bicyclic) bond motifs is 9. The third-order valence-electron chi connectivity index (χ3n) is 24.0. The number of piperidine rings is 3. The molecule has 3 saturated carbocycles. The van der Waals surface area contributed by atoms with Crippen molar-refractivity contribution >= 4 is 113 Å². The molecule has 0 amide bonds. The van der Waals surface area contributed by atoms with E-state index in [0.717, 1.165) is 139 Å². The molecule has 0 spiro atoms. The fraction of sp³-hybridized carbons (Fsp3) is 0.519. The first-order valence-electron chi connectivity index (χ1n) is 38.3. The number of hydrogen-bond acceptors (Lipinski definition) is 24. The van der Waals surface area contributed by atoms with E-state index in [1.165, 1.54) is 71.3 Å². The number of aliphatic hydroxyl groups is 2. The van der Waals surface area contributed by atoms with Crippen LogP contribution in [-0.2, 0) is 4.79 Å². The number of carbonyl (C=O) groups is 1. The van der Waals surface area contributed by atoms with Gasteiger partial charge in [-0.15, -0.1) is 15.3 Å². The van der Waals surface area contributed by atoms with E-state index in [-0.39, 0.29) is 114 Å². The first-order valence-corrected chi connectivity index (χ1v) is 38.3. The van der Waals surface area contributed by atoms with Crippen molar-refractivity contribution in [2.45, 2.75) is 223 Å². The number of nitrogens with zero attached hydrogens (tertiary/aromatic N) is 21. The molecule has 12 heterocycles. The van der Waals surface area contributed by atoms with Gasteiger partial charge in [0, 0.05) is 121 Å². The zero-order valence-corrected chi connectivity index (χ0v) is 68.3. The minimum Gasteiger partial charge on any atom is -1.00 e. The summed E-state index contributed by atoms with van der Waals surface area (Å²) in [5, 5.41) is 50.3. The number of halogens is 4. The van der Waals surface area contributed by atoms with Crippen LogP contribution in [0.2, 0.25) is 0 Å². The Balaban J connectivity index is 0.000000155. The van der Waals surface area contributed by atoms with Crippen LogP contribution < -0.4 is 63.1 Å². The number of methoxy groups -OCH3 is 3. The second kappa shape index (κ2) is 33.8. The Morgan fingerprint density at radius 1 is 0.447 bits per heavy atom. The predicted octanol–water partition coefficient (Wildman–Crippen LogP) is 9.06. The van der Waals surface area contributed by atoms with Crippen LogP contribution in [0.25, 0.3) is 49.7 Å². The van der Waals surface area contributed by atoms with E-state index in [0.29, 0.717) is 116 Å². The second-order valence-corrected chi connectivity index (χ2v) is 31.6. The largest absolute Gasteiger partial charge is 2.00 e. The number of rotatable bonds is 12. The molecule has 6 aliphatic rings. The summed E-state index contributed by atoms with van der Waals surface area (Å²) < 4.78 is 69.4. The van der Waals surface area contributed by atoms with E-state index >= 15 is 0 Å². The fourth-order valence-electron chi connectivity index (χ4n) is 17.2. The molecule has 3 aliphatic carbocycles. The molecule has 3 aliphatic heterocycles. The summed E-state index contributed by atoms with van der Waals surface area (Å²) >= 11 is 0. The van der Waals surface area contributed by atoms with E-state index in [1.807, 2.05) is 37.1 Å². The zero-order chi connectivity index (χ0) is 76.8. The number of nitrogens with two attached hydrogens (primary N) is 3. The van der Waals surface area contributed by atoms with Gasteiger partial charge in [-0.05, 0) is 156 Å². The second-order valence-electron chi connectivity index (χ2n) is 31.6. The van der Waals surface area contributed by atoms with Crippen molar-refractivity contribution in [1.82, 2.24) is 88.1 Å². The van der Waals surface area contributed by atoms with Crippen molar-refractivity contribution in [3.05, 3.63) is 116 Å². The Kier molecular flexibility index (Phi) is 24.9. The molecular formula is C79H102BrF3MgN24O6. The molecule has 9 aromatic heterocycles.